The van der Waals surface area contributed by atoms with E-state index in [0.29, 0.717) is 34.0 Å². The second-order valence-corrected chi connectivity index (χ2v) is 12.0. The Balaban J connectivity index is 1.40. The summed E-state index contributed by atoms with van der Waals surface area (Å²) in [5.74, 6) is -1.47. The molecule has 224 valence electrons. The van der Waals surface area contributed by atoms with Crippen molar-refractivity contribution >= 4 is 27.5 Å². The number of benzene rings is 3. The van der Waals surface area contributed by atoms with Crippen molar-refractivity contribution in [1.29, 1.82) is 0 Å². The Labute approximate surface area is 248 Å². The predicted molar refractivity (Wildman–Crippen MR) is 158 cm³/mol. The number of carbonyl (C=O) groups excluding carboxylic acids is 2. The van der Waals surface area contributed by atoms with Gasteiger partial charge in [0, 0.05) is 50.6 Å². The van der Waals surface area contributed by atoms with Crippen LogP contribution in [0.25, 0.3) is 16.9 Å². The molecule has 1 aliphatic rings. The Bertz CT molecular complexity index is 1780. The largest absolute Gasteiger partial charge is 0.497 e. The number of aromatic nitrogens is 1. The fraction of sp³-hybridized carbons (Fsp3) is 0.226. The second kappa shape index (κ2) is 12.0. The molecule has 1 fully saturated rings. The quantitative estimate of drug-likeness (QED) is 0.324. The van der Waals surface area contributed by atoms with Crippen molar-refractivity contribution < 1.29 is 31.5 Å². The van der Waals surface area contributed by atoms with E-state index in [0.717, 1.165) is 12.1 Å². The molecule has 0 aliphatic carbocycles. The summed E-state index contributed by atoms with van der Waals surface area (Å²) in [6.07, 6.45) is 0. The van der Waals surface area contributed by atoms with Crippen LogP contribution in [0.15, 0.2) is 77.7 Å². The van der Waals surface area contributed by atoms with Gasteiger partial charge in [-0.25, -0.2) is 17.2 Å². The number of amides is 2. The summed E-state index contributed by atoms with van der Waals surface area (Å²) < 4.78 is 63.4. The van der Waals surface area contributed by atoms with Crippen LogP contribution in [0.5, 0.6) is 5.75 Å². The molecule has 2 amide bonds. The summed E-state index contributed by atoms with van der Waals surface area (Å²) in [4.78, 5) is 26.7. The fourth-order valence-electron chi connectivity index (χ4n) is 5.14. The molecule has 1 saturated heterocycles. The van der Waals surface area contributed by atoms with E-state index in [2.05, 4.69) is 5.32 Å². The number of ether oxygens (including phenoxy) is 1. The van der Waals surface area contributed by atoms with Crippen LogP contribution >= 0.6 is 0 Å². The molecule has 12 heteroatoms. The van der Waals surface area contributed by atoms with Crippen molar-refractivity contribution in [3.8, 4) is 22.7 Å². The van der Waals surface area contributed by atoms with Gasteiger partial charge in [-0.3, -0.25) is 9.59 Å². The van der Waals surface area contributed by atoms with Crippen molar-refractivity contribution in [2.45, 2.75) is 18.7 Å². The van der Waals surface area contributed by atoms with Gasteiger partial charge < -0.3 is 19.5 Å². The molecule has 3 aromatic carbocycles. The fourth-order valence-corrected chi connectivity index (χ4v) is 6.56. The maximum absolute atomic E-state index is 15.0. The van der Waals surface area contributed by atoms with Crippen LogP contribution < -0.4 is 10.1 Å². The highest BCUT2D eigenvalue weighted by atomic mass is 32.2. The molecular formula is C31H30F2N4O5S. The molecular weight excluding hydrogens is 578 g/mol. The van der Waals surface area contributed by atoms with E-state index in [9.17, 15) is 22.4 Å². The van der Waals surface area contributed by atoms with Gasteiger partial charge in [-0.05, 0) is 79.2 Å². The van der Waals surface area contributed by atoms with Crippen LogP contribution in [0.2, 0.25) is 0 Å². The van der Waals surface area contributed by atoms with Crippen molar-refractivity contribution in [2.24, 2.45) is 0 Å². The Hall–Kier alpha value is -4.55. The van der Waals surface area contributed by atoms with Crippen molar-refractivity contribution in [1.82, 2.24) is 13.8 Å². The summed E-state index contributed by atoms with van der Waals surface area (Å²) in [7, 11) is -2.28. The van der Waals surface area contributed by atoms with Crippen LogP contribution in [-0.4, -0.2) is 67.3 Å². The smallest absolute Gasteiger partial charge is 0.255 e. The van der Waals surface area contributed by atoms with Gasteiger partial charge >= 0.3 is 0 Å². The number of rotatable bonds is 7. The number of hydrogen-bond acceptors (Lipinski definition) is 5. The van der Waals surface area contributed by atoms with Gasteiger partial charge in [-0.1, -0.05) is 0 Å². The van der Waals surface area contributed by atoms with Gasteiger partial charge in [0.1, 0.15) is 17.4 Å². The number of nitrogens with one attached hydrogen (secondary N) is 1. The third-order valence-electron chi connectivity index (χ3n) is 7.35. The van der Waals surface area contributed by atoms with Crippen LogP contribution in [0.4, 0.5) is 14.5 Å². The van der Waals surface area contributed by atoms with Crippen LogP contribution in [0.3, 0.4) is 0 Å². The maximum Gasteiger partial charge on any atom is 0.255 e. The van der Waals surface area contributed by atoms with Gasteiger partial charge in [0.15, 0.2) is 0 Å². The summed E-state index contributed by atoms with van der Waals surface area (Å²) >= 11 is 0. The van der Waals surface area contributed by atoms with E-state index in [1.54, 1.807) is 53.8 Å². The van der Waals surface area contributed by atoms with Gasteiger partial charge in [0.05, 0.1) is 29.0 Å². The number of carbonyl (C=O) groups is 2. The molecule has 0 atom stereocenters. The van der Waals surface area contributed by atoms with Gasteiger partial charge in [0.2, 0.25) is 15.9 Å². The zero-order valence-corrected chi connectivity index (χ0v) is 24.6. The topological polar surface area (TPSA) is 101 Å². The molecule has 0 bridgehead atoms. The first-order chi connectivity index (χ1) is 20.5. The van der Waals surface area contributed by atoms with Crippen molar-refractivity contribution in [3.63, 3.8) is 0 Å². The monoisotopic (exact) mass is 608 g/mol. The zero-order chi connectivity index (χ0) is 30.9. The average Bonchev–Trinajstić information content (AvgIpc) is 3.33. The lowest BCUT2D eigenvalue weighted by Gasteiger charge is -2.34. The third-order valence-corrected chi connectivity index (χ3v) is 9.27. The predicted octanol–water partition coefficient (Wildman–Crippen LogP) is 4.84. The highest BCUT2D eigenvalue weighted by molar-refractivity contribution is 7.89. The molecule has 1 aliphatic heterocycles. The van der Waals surface area contributed by atoms with Crippen LogP contribution in [-0.2, 0) is 14.8 Å². The maximum atomic E-state index is 15.0. The zero-order valence-electron chi connectivity index (χ0n) is 23.8. The van der Waals surface area contributed by atoms with Crippen LogP contribution in [0, 0.1) is 18.6 Å². The highest BCUT2D eigenvalue weighted by Gasteiger charge is 2.32. The minimum atomic E-state index is -3.82. The Kier molecular flexibility index (Phi) is 8.34. The Morgan fingerprint density at radius 1 is 0.884 bits per heavy atom. The SMILES string of the molecule is COc1ccc(-c2cc(C(=O)N3CCN(S(=O)(=O)c4ccc(NC(C)=O)cc4)CC3)c(C)n2-c2ccc(F)cc2F)cc1. The molecule has 2 heterocycles. The van der Waals surface area contributed by atoms with Crippen molar-refractivity contribution in [3.05, 3.63) is 95.7 Å². The minimum absolute atomic E-state index is 0.0825. The standard InChI is InChI=1S/C31H30F2N4O5S/c1-20-27(19-30(22-4-9-25(42-3)10-5-22)37(20)29-13-6-23(32)18-28(29)33)31(39)35-14-16-36(17-15-35)43(40,41)26-11-7-24(8-12-26)34-21(2)38/h4-13,18-19H,14-17H2,1-3H3,(H,34,38). The molecule has 0 unspecified atom stereocenters. The lowest BCUT2D eigenvalue weighted by molar-refractivity contribution is -0.114. The third kappa shape index (κ3) is 6.02. The van der Waals surface area contributed by atoms with E-state index in [-0.39, 0.29) is 48.6 Å². The molecule has 0 radical (unpaired) electrons. The second-order valence-electron chi connectivity index (χ2n) is 10.1. The first kappa shape index (κ1) is 29.9. The molecule has 1 aromatic heterocycles. The Morgan fingerprint density at radius 3 is 2.12 bits per heavy atom. The molecule has 43 heavy (non-hydrogen) atoms. The van der Waals surface area contributed by atoms with E-state index in [4.69, 9.17) is 4.74 Å². The van der Waals surface area contributed by atoms with E-state index in [1.807, 2.05) is 0 Å². The summed E-state index contributed by atoms with van der Waals surface area (Å²) in [5.41, 5.74) is 2.56. The number of methoxy groups -OCH3 is 1. The van der Waals surface area contributed by atoms with E-state index < -0.39 is 21.7 Å². The normalized spacial score (nSPS) is 14.0. The molecule has 0 spiro atoms. The van der Waals surface area contributed by atoms with Gasteiger partial charge in [0.25, 0.3) is 5.91 Å². The number of hydrogen-bond donors (Lipinski definition) is 1. The van der Waals surface area contributed by atoms with Gasteiger partial charge in [-0.15, -0.1) is 0 Å². The molecule has 5 rings (SSSR count). The minimum Gasteiger partial charge on any atom is -0.497 e. The summed E-state index contributed by atoms with van der Waals surface area (Å²) in [6.45, 7) is 3.51. The molecule has 0 saturated carbocycles. The van der Waals surface area contributed by atoms with Gasteiger partial charge in [-0.2, -0.15) is 4.31 Å². The molecule has 4 aromatic rings. The van der Waals surface area contributed by atoms with Crippen molar-refractivity contribution in [2.75, 3.05) is 38.6 Å². The Morgan fingerprint density at radius 2 is 1.53 bits per heavy atom. The number of halogens is 2. The molecule has 9 nitrogen and oxygen atoms in total. The molecule has 1 N–H and O–H groups in total. The lowest BCUT2D eigenvalue weighted by Crippen LogP contribution is -2.50. The number of anilines is 1. The summed E-state index contributed by atoms with van der Waals surface area (Å²) in [5, 5.41) is 2.60. The van der Waals surface area contributed by atoms with Crippen LogP contribution in [0.1, 0.15) is 23.0 Å². The number of nitrogens with zero attached hydrogens (tertiary/aromatic N) is 3. The first-order valence-corrected chi connectivity index (χ1v) is 14.9. The van der Waals surface area contributed by atoms with E-state index in [1.165, 1.54) is 41.6 Å². The lowest BCUT2D eigenvalue weighted by atomic mass is 10.1. The number of piperazine rings is 1. The van der Waals surface area contributed by atoms with E-state index >= 15 is 4.39 Å². The highest BCUT2D eigenvalue weighted by Crippen LogP contribution is 2.33. The summed E-state index contributed by atoms with van der Waals surface area (Å²) in [6, 6.07) is 17.9. The number of sulfonamides is 1. The first-order valence-electron chi connectivity index (χ1n) is 13.5. The average molecular weight is 609 g/mol.